The van der Waals surface area contributed by atoms with Crippen LogP contribution in [-0.4, -0.2) is 43.6 Å². The predicted octanol–water partition coefficient (Wildman–Crippen LogP) is 3.15. The van der Waals surface area contributed by atoms with E-state index >= 15 is 0 Å². The maximum absolute atomic E-state index is 12.8. The van der Waals surface area contributed by atoms with E-state index in [0.717, 1.165) is 53.6 Å². The number of rotatable bonds is 3. The number of amides is 1. The van der Waals surface area contributed by atoms with Crippen molar-refractivity contribution in [2.75, 3.05) is 13.1 Å². The van der Waals surface area contributed by atoms with E-state index < -0.39 is 0 Å². The van der Waals surface area contributed by atoms with Crippen molar-refractivity contribution in [2.45, 2.75) is 19.3 Å². The summed E-state index contributed by atoms with van der Waals surface area (Å²) in [6.45, 7) is 1.58. The second kappa shape index (κ2) is 6.63. The van der Waals surface area contributed by atoms with Crippen LogP contribution in [0, 0.1) is 5.92 Å². The van der Waals surface area contributed by atoms with E-state index in [4.69, 9.17) is 0 Å². The molecule has 6 nitrogen and oxygen atoms in total. The van der Waals surface area contributed by atoms with Gasteiger partial charge in [0, 0.05) is 41.9 Å². The van der Waals surface area contributed by atoms with Gasteiger partial charge in [0.1, 0.15) is 17.8 Å². The number of nitrogens with one attached hydrogen (secondary N) is 1. The Kier molecular flexibility index (Phi) is 4.33. The van der Waals surface area contributed by atoms with Crippen molar-refractivity contribution >= 4 is 32.7 Å². The molecular weight excluding hydrogens is 382 g/mol. The number of piperidine rings is 1. The van der Waals surface area contributed by atoms with Gasteiger partial charge in [-0.2, -0.15) is 0 Å². The zero-order chi connectivity index (χ0) is 17.4. The highest BCUT2D eigenvalue weighted by Gasteiger charge is 2.25. The van der Waals surface area contributed by atoms with Gasteiger partial charge in [0.2, 0.25) is 0 Å². The van der Waals surface area contributed by atoms with Gasteiger partial charge >= 0.3 is 0 Å². The molecule has 25 heavy (non-hydrogen) atoms. The lowest BCUT2D eigenvalue weighted by Gasteiger charge is -2.31. The molecule has 7 heteroatoms. The molecule has 0 saturated carbocycles. The lowest BCUT2D eigenvalue weighted by Crippen LogP contribution is -2.39. The highest BCUT2D eigenvalue weighted by Crippen LogP contribution is 2.24. The molecule has 0 radical (unpaired) electrons. The lowest BCUT2D eigenvalue weighted by molar-refractivity contribution is 0.0684. The van der Waals surface area contributed by atoms with Gasteiger partial charge < -0.3 is 14.5 Å². The summed E-state index contributed by atoms with van der Waals surface area (Å²) in [7, 11) is 1.97. The molecule has 3 heterocycles. The molecule has 1 fully saturated rings. The van der Waals surface area contributed by atoms with Crippen LogP contribution in [0.15, 0.2) is 35.1 Å². The number of carbonyl (C=O) groups excluding carboxylic acids is 1. The number of aromatic nitrogens is 4. The Morgan fingerprint density at radius 3 is 2.84 bits per heavy atom. The van der Waals surface area contributed by atoms with E-state index in [9.17, 15) is 4.79 Å². The minimum atomic E-state index is 0.0874. The first-order valence-corrected chi connectivity index (χ1v) is 9.30. The van der Waals surface area contributed by atoms with Crippen LogP contribution in [0.1, 0.15) is 29.2 Å². The number of hydrogen-bond donors (Lipinski definition) is 1. The third kappa shape index (κ3) is 3.33. The number of carbonyl (C=O) groups is 1. The van der Waals surface area contributed by atoms with Crippen LogP contribution in [0.4, 0.5) is 0 Å². The molecule has 1 N–H and O–H groups in total. The Balaban J connectivity index is 1.41. The van der Waals surface area contributed by atoms with E-state index in [1.807, 2.05) is 40.8 Å². The average molecular weight is 402 g/mol. The molecule has 0 unspecified atom stereocenters. The number of likely N-dealkylation sites (tertiary alicyclic amines) is 1. The number of halogens is 1. The molecule has 0 spiro atoms. The highest BCUT2D eigenvalue weighted by atomic mass is 79.9. The van der Waals surface area contributed by atoms with Gasteiger partial charge in [-0.1, -0.05) is 15.9 Å². The number of aromatic amines is 1. The number of benzene rings is 1. The van der Waals surface area contributed by atoms with Crippen LogP contribution in [0.3, 0.4) is 0 Å². The first kappa shape index (κ1) is 16.3. The molecule has 3 aromatic rings. The van der Waals surface area contributed by atoms with Gasteiger partial charge in [-0.25, -0.2) is 0 Å². The molecule has 1 aromatic carbocycles. The van der Waals surface area contributed by atoms with E-state index in [2.05, 4.69) is 31.1 Å². The number of aryl methyl sites for hydroxylation is 1. The minimum Gasteiger partial charge on any atom is -0.351 e. The zero-order valence-electron chi connectivity index (χ0n) is 14.1. The van der Waals surface area contributed by atoms with Crippen molar-refractivity contribution in [3.05, 3.63) is 46.6 Å². The van der Waals surface area contributed by atoms with Gasteiger partial charge in [0.25, 0.3) is 5.91 Å². The number of hydrogen-bond acceptors (Lipinski definition) is 3. The summed E-state index contributed by atoms with van der Waals surface area (Å²) >= 11 is 3.47. The Bertz CT molecular complexity index is 907. The smallest absolute Gasteiger partial charge is 0.270 e. The van der Waals surface area contributed by atoms with Crippen LogP contribution >= 0.6 is 15.9 Å². The maximum atomic E-state index is 12.8. The highest BCUT2D eigenvalue weighted by molar-refractivity contribution is 9.10. The summed E-state index contributed by atoms with van der Waals surface area (Å²) in [6, 6.07) is 7.93. The Morgan fingerprint density at radius 1 is 1.32 bits per heavy atom. The van der Waals surface area contributed by atoms with Crippen molar-refractivity contribution in [1.82, 2.24) is 24.6 Å². The van der Waals surface area contributed by atoms with Crippen molar-refractivity contribution < 1.29 is 4.79 Å². The molecule has 4 rings (SSSR count). The summed E-state index contributed by atoms with van der Waals surface area (Å²) in [5.41, 5.74) is 1.66. The summed E-state index contributed by atoms with van der Waals surface area (Å²) in [6.07, 6.45) is 4.68. The molecule has 0 aliphatic carbocycles. The topological polar surface area (TPSA) is 66.8 Å². The molecule has 1 saturated heterocycles. The van der Waals surface area contributed by atoms with Crippen LogP contribution in [0.5, 0.6) is 0 Å². The average Bonchev–Trinajstić information content (AvgIpc) is 3.21. The van der Waals surface area contributed by atoms with Crippen LogP contribution in [0.25, 0.3) is 10.9 Å². The van der Waals surface area contributed by atoms with E-state index in [-0.39, 0.29) is 5.91 Å². The first-order chi connectivity index (χ1) is 12.1. The largest absolute Gasteiger partial charge is 0.351 e. The minimum absolute atomic E-state index is 0.0874. The van der Waals surface area contributed by atoms with Crippen molar-refractivity contribution in [1.29, 1.82) is 0 Å². The fraction of sp³-hybridized carbons (Fsp3) is 0.389. The van der Waals surface area contributed by atoms with Gasteiger partial charge in [-0.15, -0.1) is 10.2 Å². The second-order valence-electron chi connectivity index (χ2n) is 6.71. The Morgan fingerprint density at radius 2 is 2.12 bits per heavy atom. The zero-order valence-corrected chi connectivity index (χ0v) is 15.7. The van der Waals surface area contributed by atoms with Crippen LogP contribution in [-0.2, 0) is 13.5 Å². The number of fused-ring (bicyclic) bond motifs is 1. The Hall–Kier alpha value is -2.15. The van der Waals surface area contributed by atoms with Crippen LogP contribution < -0.4 is 0 Å². The summed E-state index contributed by atoms with van der Waals surface area (Å²) < 4.78 is 2.99. The summed E-state index contributed by atoms with van der Waals surface area (Å²) in [5, 5.41) is 9.16. The molecule has 1 aliphatic heterocycles. The molecule has 130 valence electrons. The fourth-order valence-corrected chi connectivity index (χ4v) is 3.86. The Labute approximate surface area is 154 Å². The fourth-order valence-electron chi connectivity index (χ4n) is 3.48. The third-order valence-corrected chi connectivity index (χ3v) is 5.48. The normalized spacial score (nSPS) is 15.8. The van der Waals surface area contributed by atoms with Gasteiger partial charge in [-0.05, 0) is 43.0 Å². The van der Waals surface area contributed by atoms with Crippen molar-refractivity contribution in [3.63, 3.8) is 0 Å². The quantitative estimate of drug-likeness (QED) is 0.732. The van der Waals surface area contributed by atoms with Gasteiger partial charge in [0.05, 0.1) is 0 Å². The molecule has 0 atom stereocenters. The summed E-state index contributed by atoms with van der Waals surface area (Å²) in [5.74, 6) is 1.67. The number of H-pyrrole nitrogens is 1. The first-order valence-electron chi connectivity index (χ1n) is 8.50. The van der Waals surface area contributed by atoms with Crippen LogP contribution in [0.2, 0.25) is 0 Å². The van der Waals surface area contributed by atoms with Gasteiger partial charge in [-0.3, -0.25) is 4.79 Å². The molecule has 1 amide bonds. The van der Waals surface area contributed by atoms with E-state index in [1.54, 1.807) is 6.33 Å². The third-order valence-electron chi connectivity index (χ3n) is 4.99. The van der Waals surface area contributed by atoms with Crippen molar-refractivity contribution in [2.24, 2.45) is 13.0 Å². The van der Waals surface area contributed by atoms with E-state index in [0.29, 0.717) is 11.6 Å². The lowest BCUT2D eigenvalue weighted by atomic mass is 9.93. The van der Waals surface area contributed by atoms with Crippen molar-refractivity contribution in [3.8, 4) is 0 Å². The summed E-state index contributed by atoms with van der Waals surface area (Å²) in [4.78, 5) is 18.0. The standard InChI is InChI=1S/C18H20BrN5O/c1-23-11-20-22-17(23)8-12-4-6-24(7-5-12)18(25)16-10-13-9-14(19)2-3-15(13)21-16/h2-3,9-12,21H,4-8H2,1H3. The molecule has 2 aromatic heterocycles. The predicted molar refractivity (Wildman–Crippen MR) is 99.3 cm³/mol. The van der Waals surface area contributed by atoms with Gasteiger partial charge in [0.15, 0.2) is 0 Å². The molecule has 0 bridgehead atoms. The molecular formula is C18H20BrN5O. The number of nitrogens with zero attached hydrogens (tertiary/aromatic N) is 4. The maximum Gasteiger partial charge on any atom is 0.270 e. The monoisotopic (exact) mass is 401 g/mol. The van der Waals surface area contributed by atoms with E-state index in [1.165, 1.54) is 0 Å². The SMILES string of the molecule is Cn1cnnc1CC1CCN(C(=O)c2cc3cc(Br)ccc3[nH]2)CC1. The second-order valence-corrected chi connectivity index (χ2v) is 7.63. The molecule has 1 aliphatic rings.